The van der Waals surface area contributed by atoms with E-state index in [1.807, 2.05) is 0 Å². The fraction of sp³-hybridized carbons (Fsp3) is 0.529. The average Bonchev–Trinajstić information content (AvgIpc) is 3.31. The number of hydrogen-bond donors (Lipinski definition) is 4. The SMILES string of the molecule is Cl.Cl.N[C@@H]1CCC[C@H]1NCCCCNc1cc(F)c(S(=O)(=O)Nc2ncns2)cc1Cl. The molecule has 5 N–H and O–H groups in total. The van der Waals surface area contributed by atoms with Gasteiger partial charge >= 0.3 is 0 Å². The number of nitrogens with zero attached hydrogens (tertiary/aromatic N) is 2. The first-order valence-electron chi connectivity index (χ1n) is 9.38. The first-order valence-corrected chi connectivity index (χ1v) is 12.0. The Kier molecular flexibility index (Phi) is 11.7. The lowest BCUT2D eigenvalue weighted by Gasteiger charge is -2.17. The Morgan fingerprint density at radius 2 is 1.97 bits per heavy atom. The first kappa shape index (κ1) is 28.1. The van der Waals surface area contributed by atoms with Gasteiger partial charge < -0.3 is 16.4 Å². The molecule has 0 radical (unpaired) electrons. The summed E-state index contributed by atoms with van der Waals surface area (Å²) >= 11 is 7.01. The highest BCUT2D eigenvalue weighted by Crippen LogP contribution is 2.29. The van der Waals surface area contributed by atoms with Gasteiger partial charge in [0.1, 0.15) is 17.0 Å². The summed E-state index contributed by atoms with van der Waals surface area (Å²) in [6, 6.07) is 2.82. The number of halogens is 4. The number of rotatable bonds is 10. The van der Waals surface area contributed by atoms with Gasteiger partial charge in [0.05, 0.1) is 10.7 Å². The summed E-state index contributed by atoms with van der Waals surface area (Å²) in [5.74, 6) is -0.897. The van der Waals surface area contributed by atoms with E-state index >= 15 is 0 Å². The van der Waals surface area contributed by atoms with Crippen molar-refractivity contribution in [3.05, 3.63) is 29.3 Å². The molecule has 0 saturated heterocycles. The van der Waals surface area contributed by atoms with Crippen molar-refractivity contribution < 1.29 is 12.8 Å². The molecule has 3 rings (SSSR count). The van der Waals surface area contributed by atoms with Crippen LogP contribution in [0.5, 0.6) is 0 Å². The number of hydrogen-bond acceptors (Lipinski definition) is 8. The summed E-state index contributed by atoms with van der Waals surface area (Å²) in [4.78, 5) is 3.19. The van der Waals surface area contributed by atoms with Crippen LogP contribution in [0.3, 0.4) is 0 Å². The van der Waals surface area contributed by atoms with Gasteiger partial charge in [-0.05, 0) is 44.4 Å². The zero-order valence-electron chi connectivity index (χ0n) is 16.5. The smallest absolute Gasteiger partial charge is 0.266 e. The quantitative estimate of drug-likeness (QED) is 0.343. The number of anilines is 2. The lowest BCUT2D eigenvalue weighted by molar-refractivity contribution is 0.468. The molecular formula is C17H26Cl3FN6O2S2. The highest BCUT2D eigenvalue weighted by molar-refractivity contribution is 7.93. The molecule has 1 aliphatic carbocycles. The molecule has 1 aliphatic rings. The van der Waals surface area contributed by atoms with E-state index in [4.69, 9.17) is 17.3 Å². The topological polar surface area (TPSA) is 122 Å². The van der Waals surface area contributed by atoms with E-state index in [9.17, 15) is 12.8 Å². The van der Waals surface area contributed by atoms with Crippen molar-refractivity contribution in [2.24, 2.45) is 5.73 Å². The van der Waals surface area contributed by atoms with Crippen molar-refractivity contribution in [3.8, 4) is 0 Å². The standard InChI is InChI=1S/C17H24ClFN6O2S2.2ClH/c18-11-8-16(29(26,27)25-17-23-10-24-28-17)12(19)9-15(11)22-7-2-1-6-21-14-5-3-4-13(14)20;;/h8-10,13-14,21-22H,1-7,20H2,(H,23,24,25);2*1H/t13-,14-;;/m1../s1. The molecule has 0 bridgehead atoms. The highest BCUT2D eigenvalue weighted by Gasteiger charge is 2.23. The van der Waals surface area contributed by atoms with Crippen LogP contribution in [0.1, 0.15) is 32.1 Å². The van der Waals surface area contributed by atoms with Crippen molar-refractivity contribution >= 4 is 68.8 Å². The molecule has 2 aromatic rings. The van der Waals surface area contributed by atoms with Gasteiger partial charge in [-0.25, -0.2) is 17.8 Å². The summed E-state index contributed by atoms with van der Waals surface area (Å²) in [5, 5.41) is 6.70. The van der Waals surface area contributed by atoms with Crippen LogP contribution < -0.4 is 21.1 Å². The van der Waals surface area contributed by atoms with Crippen molar-refractivity contribution in [1.29, 1.82) is 0 Å². The molecule has 176 valence electrons. The Hall–Kier alpha value is -0.950. The normalized spacial score (nSPS) is 18.2. The summed E-state index contributed by atoms with van der Waals surface area (Å²) < 4.78 is 45.0. The Labute approximate surface area is 203 Å². The van der Waals surface area contributed by atoms with Gasteiger partial charge in [0.25, 0.3) is 10.0 Å². The maximum Gasteiger partial charge on any atom is 0.266 e. The van der Waals surface area contributed by atoms with Crippen molar-refractivity contribution in [1.82, 2.24) is 14.7 Å². The van der Waals surface area contributed by atoms with E-state index in [2.05, 4.69) is 24.7 Å². The van der Waals surface area contributed by atoms with Crippen LogP contribution in [0, 0.1) is 5.82 Å². The minimum absolute atomic E-state index is 0. The van der Waals surface area contributed by atoms with Crippen molar-refractivity contribution in [2.45, 2.75) is 49.1 Å². The number of aromatic nitrogens is 2. The molecule has 0 amide bonds. The number of unbranched alkanes of at least 4 members (excludes halogenated alkanes) is 1. The predicted octanol–water partition coefficient (Wildman–Crippen LogP) is 3.64. The molecule has 1 aromatic carbocycles. The zero-order valence-corrected chi connectivity index (χ0v) is 20.5. The minimum atomic E-state index is -4.15. The molecule has 0 aliphatic heterocycles. The van der Waals surface area contributed by atoms with Gasteiger partial charge in [0, 0.05) is 30.2 Å². The molecule has 8 nitrogen and oxygen atoms in total. The Morgan fingerprint density at radius 1 is 1.23 bits per heavy atom. The van der Waals surface area contributed by atoms with E-state index in [0.717, 1.165) is 55.9 Å². The number of benzene rings is 1. The molecule has 0 unspecified atom stereocenters. The molecule has 1 aromatic heterocycles. The van der Waals surface area contributed by atoms with Crippen LogP contribution in [0.2, 0.25) is 5.02 Å². The van der Waals surface area contributed by atoms with Crippen LogP contribution in [0.15, 0.2) is 23.4 Å². The van der Waals surface area contributed by atoms with E-state index in [1.165, 1.54) is 12.7 Å². The van der Waals surface area contributed by atoms with Gasteiger partial charge in [0.2, 0.25) is 5.13 Å². The highest BCUT2D eigenvalue weighted by atomic mass is 35.5. The summed E-state index contributed by atoms with van der Waals surface area (Å²) in [6.45, 7) is 1.46. The number of nitrogens with one attached hydrogen (secondary N) is 3. The first-order chi connectivity index (χ1) is 13.9. The minimum Gasteiger partial charge on any atom is -0.384 e. The Balaban J connectivity index is 0.00000240. The summed E-state index contributed by atoms with van der Waals surface area (Å²) in [7, 11) is -4.15. The Bertz CT molecular complexity index is 921. The van der Waals surface area contributed by atoms with Crippen LogP contribution in [0.4, 0.5) is 15.2 Å². The fourth-order valence-electron chi connectivity index (χ4n) is 3.26. The second kappa shape index (κ2) is 12.9. The maximum absolute atomic E-state index is 14.4. The van der Waals surface area contributed by atoms with E-state index in [1.54, 1.807) is 0 Å². The molecule has 1 heterocycles. The lowest BCUT2D eigenvalue weighted by Crippen LogP contribution is -2.41. The van der Waals surface area contributed by atoms with E-state index in [-0.39, 0.29) is 41.0 Å². The van der Waals surface area contributed by atoms with Gasteiger partial charge in [-0.2, -0.15) is 4.37 Å². The van der Waals surface area contributed by atoms with Gasteiger partial charge in [-0.1, -0.05) is 18.0 Å². The number of sulfonamides is 1. The van der Waals surface area contributed by atoms with Gasteiger partial charge in [-0.15, -0.1) is 24.8 Å². The molecule has 1 saturated carbocycles. The summed E-state index contributed by atoms with van der Waals surface area (Å²) in [5.41, 5.74) is 6.38. The predicted molar refractivity (Wildman–Crippen MR) is 128 cm³/mol. The summed E-state index contributed by atoms with van der Waals surface area (Å²) in [6.07, 6.45) is 6.37. The third kappa shape index (κ3) is 7.85. The fourth-order valence-corrected chi connectivity index (χ4v) is 5.30. The third-order valence-electron chi connectivity index (χ3n) is 4.79. The van der Waals surface area contributed by atoms with Crippen molar-refractivity contribution in [2.75, 3.05) is 23.1 Å². The third-order valence-corrected chi connectivity index (χ3v) is 7.16. The van der Waals surface area contributed by atoms with E-state index < -0.39 is 20.7 Å². The van der Waals surface area contributed by atoms with Gasteiger partial charge in [-0.3, -0.25) is 4.72 Å². The van der Waals surface area contributed by atoms with Crippen LogP contribution in [-0.2, 0) is 10.0 Å². The van der Waals surface area contributed by atoms with E-state index in [0.29, 0.717) is 18.3 Å². The Morgan fingerprint density at radius 3 is 2.61 bits per heavy atom. The molecule has 14 heteroatoms. The molecule has 1 fully saturated rings. The second-order valence-corrected chi connectivity index (χ2v) is 9.74. The second-order valence-electron chi connectivity index (χ2n) is 6.90. The maximum atomic E-state index is 14.4. The average molecular weight is 536 g/mol. The molecular weight excluding hydrogens is 510 g/mol. The number of nitrogens with two attached hydrogens (primary N) is 1. The zero-order chi connectivity index (χ0) is 20.9. The van der Waals surface area contributed by atoms with Crippen LogP contribution in [0.25, 0.3) is 0 Å². The van der Waals surface area contributed by atoms with Crippen LogP contribution >= 0.6 is 47.9 Å². The molecule has 0 spiro atoms. The monoisotopic (exact) mass is 534 g/mol. The molecule has 31 heavy (non-hydrogen) atoms. The van der Waals surface area contributed by atoms with Gasteiger partial charge in [0.15, 0.2) is 0 Å². The van der Waals surface area contributed by atoms with Crippen molar-refractivity contribution in [3.63, 3.8) is 0 Å². The lowest BCUT2D eigenvalue weighted by atomic mass is 10.2. The molecule has 2 atom stereocenters. The largest absolute Gasteiger partial charge is 0.384 e. The van der Waals surface area contributed by atoms with Crippen LogP contribution in [-0.4, -0.2) is 42.9 Å².